The van der Waals surface area contributed by atoms with Gasteiger partial charge >= 0.3 is 0 Å². The fourth-order valence-corrected chi connectivity index (χ4v) is 5.82. The van der Waals surface area contributed by atoms with Crippen LogP contribution in [-0.2, 0) is 27.2 Å². The van der Waals surface area contributed by atoms with Crippen LogP contribution < -0.4 is 15.5 Å². The number of hydrogen-bond acceptors (Lipinski definition) is 5. The number of rotatable bonds is 6. The van der Waals surface area contributed by atoms with Crippen molar-refractivity contribution in [2.75, 3.05) is 19.7 Å². The quantitative estimate of drug-likeness (QED) is 0.367. The van der Waals surface area contributed by atoms with Gasteiger partial charge in [0, 0.05) is 25.4 Å². The molecule has 1 fully saturated rings. The van der Waals surface area contributed by atoms with Crippen LogP contribution in [0.3, 0.4) is 0 Å². The van der Waals surface area contributed by atoms with Crippen LogP contribution >= 0.6 is 0 Å². The number of hydroxylamine groups is 1. The molecule has 5 rings (SSSR count). The molecule has 2 bridgehead atoms. The second kappa shape index (κ2) is 14.8. The standard InChI is InChI=1S/C32H43N3O5/c1-23-11-13-24(14-12-23)8-7-10-27-28(31(37)34-39)9-3-6-21-40-26-17-15-25(16-18-26)22-29(33-30(27)36)32(38)35-19-4-2-5-20-35/h11-18,27-29,39H,2-10,19-22H2,1H3,(H,33,36)(H,34,37)/t27-,28+,29+/m1/s1. The third kappa shape index (κ3) is 8.31. The van der Waals surface area contributed by atoms with Gasteiger partial charge in [-0.2, -0.15) is 0 Å². The molecule has 0 unspecified atom stereocenters. The van der Waals surface area contributed by atoms with Gasteiger partial charge in [0.1, 0.15) is 11.8 Å². The number of aryl methyl sites for hydroxylation is 2. The SMILES string of the molecule is Cc1ccc(CCC[C@H]2C(=O)N[C@H](C(=O)N3CCCCC3)Cc3ccc(cc3)OCCCC[C@@H]2C(=O)NO)cc1. The molecule has 8 heteroatoms. The van der Waals surface area contributed by atoms with Crippen LogP contribution in [0, 0.1) is 18.8 Å². The third-order valence-corrected chi connectivity index (χ3v) is 8.19. The zero-order valence-corrected chi connectivity index (χ0v) is 23.6. The van der Waals surface area contributed by atoms with Crippen molar-refractivity contribution in [1.82, 2.24) is 15.7 Å². The van der Waals surface area contributed by atoms with Crippen molar-refractivity contribution in [1.29, 1.82) is 0 Å². The summed E-state index contributed by atoms with van der Waals surface area (Å²) in [5.74, 6) is -1.60. The molecule has 0 radical (unpaired) electrons. The lowest BCUT2D eigenvalue weighted by Gasteiger charge is -2.32. The van der Waals surface area contributed by atoms with Gasteiger partial charge in [0.25, 0.3) is 0 Å². The van der Waals surface area contributed by atoms with Crippen molar-refractivity contribution in [2.24, 2.45) is 11.8 Å². The van der Waals surface area contributed by atoms with Crippen LogP contribution in [0.2, 0.25) is 0 Å². The maximum Gasteiger partial charge on any atom is 0.247 e. The van der Waals surface area contributed by atoms with Gasteiger partial charge in [0.15, 0.2) is 0 Å². The first-order valence-corrected chi connectivity index (χ1v) is 14.7. The van der Waals surface area contributed by atoms with Gasteiger partial charge in [-0.3, -0.25) is 19.6 Å². The van der Waals surface area contributed by atoms with Crippen LogP contribution in [0.25, 0.3) is 0 Å². The molecule has 3 aliphatic rings. The average Bonchev–Trinajstić information content (AvgIpc) is 2.99. The Hall–Kier alpha value is -3.39. The average molecular weight is 550 g/mol. The first-order valence-electron chi connectivity index (χ1n) is 14.7. The largest absolute Gasteiger partial charge is 0.494 e. The minimum Gasteiger partial charge on any atom is -0.494 e. The van der Waals surface area contributed by atoms with E-state index >= 15 is 0 Å². The summed E-state index contributed by atoms with van der Waals surface area (Å²) in [6.45, 7) is 3.92. The molecule has 2 aromatic carbocycles. The Kier molecular flexibility index (Phi) is 11.0. The Morgan fingerprint density at radius 2 is 1.73 bits per heavy atom. The minimum atomic E-state index is -0.736. The van der Waals surface area contributed by atoms with Crippen molar-refractivity contribution in [3.05, 3.63) is 65.2 Å². The first kappa shape index (κ1) is 29.6. The molecular formula is C32H43N3O5. The summed E-state index contributed by atoms with van der Waals surface area (Å²) in [4.78, 5) is 42.4. The number of fused-ring (bicyclic) bond motifs is 12. The fourth-order valence-electron chi connectivity index (χ4n) is 5.82. The maximum absolute atomic E-state index is 14.0. The predicted molar refractivity (Wildman–Crippen MR) is 153 cm³/mol. The second-order valence-electron chi connectivity index (χ2n) is 11.2. The lowest BCUT2D eigenvalue weighted by molar-refractivity contribution is -0.143. The minimum absolute atomic E-state index is 0.0840. The maximum atomic E-state index is 14.0. The topological polar surface area (TPSA) is 108 Å². The van der Waals surface area contributed by atoms with Gasteiger partial charge in [-0.15, -0.1) is 0 Å². The smallest absolute Gasteiger partial charge is 0.247 e. The number of likely N-dealkylation sites (tertiary alicyclic amines) is 1. The van der Waals surface area contributed by atoms with Crippen molar-refractivity contribution < 1.29 is 24.3 Å². The number of nitrogens with zero attached hydrogens (tertiary/aromatic N) is 1. The Bertz CT molecular complexity index is 1110. The molecule has 3 aliphatic heterocycles. The van der Waals surface area contributed by atoms with Gasteiger partial charge in [0.05, 0.1) is 12.5 Å². The highest BCUT2D eigenvalue weighted by Gasteiger charge is 2.36. The molecule has 40 heavy (non-hydrogen) atoms. The number of amides is 3. The third-order valence-electron chi connectivity index (χ3n) is 8.19. The summed E-state index contributed by atoms with van der Waals surface area (Å²) in [5.41, 5.74) is 5.09. The van der Waals surface area contributed by atoms with E-state index in [0.717, 1.165) is 37.0 Å². The summed E-state index contributed by atoms with van der Waals surface area (Å²) in [6, 6.07) is 15.3. The lowest BCUT2D eigenvalue weighted by Crippen LogP contribution is -2.53. The van der Waals surface area contributed by atoms with E-state index in [-0.39, 0.29) is 11.8 Å². The molecule has 216 valence electrons. The van der Waals surface area contributed by atoms with Gasteiger partial charge in [-0.25, -0.2) is 5.48 Å². The Morgan fingerprint density at radius 3 is 2.42 bits per heavy atom. The molecule has 3 N–H and O–H groups in total. The molecular weight excluding hydrogens is 506 g/mol. The van der Waals surface area contributed by atoms with E-state index in [1.807, 2.05) is 36.1 Å². The number of carbonyl (C=O) groups is 3. The highest BCUT2D eigenvalue weighted by Crippen LogP contribution is 2.27. The van der Waals surface area contributed by atoms with Crippen molar-refractivity contribution in [2.45, 2.75) is 77.2 Å². The zero-order valence-electron chi connectivity index (χ0n) is 23.6. The van der Waals surface area contributed by atoms with Gasteiger partial charge in [-0.1, -0.05) is 42.0 Å². The Balaban J connectivity index is 1.58. The Labute approximate surface area is 237 Å². The van der Waals surface area contributed by atoms with E-state index in [1.165, 1.54) is 11.1 Å². The Morgan fingerprint density at radius 1 is 1.00 bits per heavy atom. The number of benzene rings is 2. The lowest BCUT2D eigenvalue weighted by atomic mass is 9.82. The summed E-state index contributed by atoms with van der Waals surface area (Å²) < 4.78 is 5.89. The van der Waals surface area contributed by atoms with Crippen molar-refractivity contribution in [3.63, 3.8) is 0 Å². The molecule has 1 saturated heterocycles. The van der Waals surface area contributed by atoms with E-state index in [4.69, 9.17) is 4.74 Å². The highest BCUT2D eigenvalue weighted by atomic mass is 16.5. The van der Waals surface area contributed by atoms with Crippen LogP contribution in [0.1, 0.15) is 68.1 Å². The number of piperidine rings is 1. The van der Waals surface area contributed by atoms with E-state index in [9.17, 15) is 19.6 Å². The molecule has 0 spiro atoms. The highest BCUT2D eigenvalue weighted by molar-refractivity contribution is 5.91. The number of hydrogen-bond donors (Lipinski definition) is 3. The number of nitrogens with one attached hydrogen (secondary N) is 2. The summed E-state index contributed by atoms with van der Waals surface area (Å²) in [5, 5.41) is 12.6. The monoisotopic (exact) mass is 549 g/mol. The molecule has 3 atom stereocenters. The summed E-state index contributed by atoms with van der Waals surface area (Å²) in [7, 11) is 0. The van der Waals surface area contributed by atoms with Gasteiger partial charge < -0.3 is 15.0 Å². The summed E-state index contributed by atoms with van der Waals surface area (Å²) >= 11 is 0. The van der Waals surface area contributed by atoms with Gasteiger partial charge in [0.2, 0.25) is 17.7 Å². The van der Waals surface area contributed by atoms with Gasteiger partial charge in [-0.05, 0) is 88.0 Å². The molecule has 0 aromatic heterocycles. The van der Waals surface area contributed by atoms with E-state index in [2.05, 4.69) is 29.6 Å². The van der Waals surface area contributed by atoms with E-state index in [0.29, 0.717) is 58.2 Å². The molecule has 0 saturated carbocycles. The van der Waals surface area contributed by atoms with Crippen LogP contribution in [0.15, 0.2) is 48.5 Å². The van der Waals surface area contributed by atoms with Crippen molar-refractivity contribution in [3.8, 4) is 5.75 Å². The summed E-state index contributed by atoms with van der Waals surface area (Å²) in [6.07, 6.45) is 7.11. The van der Waals surface area contributed by atoms with Crippen LogP contribution in [-0.4, -0.2) is 53.6 Å². The second-order valence-corrected chi connectivity index (χ2v) is 11.2. The molecule has 0 aliphatic carbocycles. The van der Waals surface area contributed by atoms with Crippen molar-refractivity contribution >= 4 is 17.7 Å². The van der Waals surface area contributed by atoms with E-state index < -0.39 is 23.8 Å². The molecule has 3 heterocycles. The predicted octanol–water partition coefficient (Wildman–Crippen LogP) is 4.36. The van der Waals surface area contributed by atoms with E-state index in [1.54, 1.807) is 5.48 Å². The molecule has 2 aromatic rings. The number of ether oxygens (including phenoxy) is 1. The normalized spacial score (nSPS) is 22.4. The molecule has 3 amide bonds. The number of carbonyl (C=O) groups excluding carboxylic acids is 3. The molecule has 8 nitrogen and oxygen atoms in total. The first-order chi connectivity index (χ1) is 19.4. The van der Waals surface area contributed by atoms with Crippen LogP contribution in [0.4, 0.5) is 0 Å². The zero-order chi connectivity index (χ0) is 28.3. The fraction of sp³-hybridized carbons (Fsp3) is 0.531. The van der Waals surface area contributed by atoms with Crippen LogP contribution in [0.5, 0.6) is 5.75 Å².